The minimum Gasteiger partial charge on any atom is -0.464 e. The van der Waals surface area contributed by atoms with Crippen molar-refractivity contribution < 1.29 is 14.3 Å². The smallest absolute Gasteiger partial charge is 0.258 e. The number of allylic oxidation sites excluding steroid dienone is 4. The number of benzene rings is 1. The molecule has 0 spiro atoms. The lowest BCUT2D eigenvalue weighted by Gasteiger charge is -2.18. The Morgan fingerprint density at radius 3 is 2.64 bits per heavy atom. The Bertz CT molecular complexity index is 913. The number of nitrogens with one attached hydrogen (secondary N) is 1. The molecule has 0 atom stereocenters. The molecule has 0 fully saturated rings. The summed E-state index contributed by atoms with van der Waals surface area (Å²) in [4.78, 5) is 12.5. The highest BCUT2D eigenvalue weighted by atomic mass is 16.6. The molecule has 1 aliphatic heterocycles. The number of carbonyl (C=O) groups is 1. The predicted molar refractivity (Wildman–Crippen MR) is 110 cm³/mol. The molecule has 28 heavy (non-hydrogen) atoms. The van der Waals surface area contributed by atoms with Crippen molar-refractivity contribution >= 4 is 5.91 Å². The second kappa shape index (κ2) is 8.67. The van der Waals surface area contributed by atoms with Crippen molar-refractivity contribution in [3.63, 3.8) is 0 Å². The second-order valence-electron chi connectivity index (χ2n) is 7.80. The van der Waals surface area contributed by atoms with E-state index in [9.17, 15) is 4.79 Å². The average molecular weight is 375 g/mol. The molecule has 1 aromatic rings. The molecule has 1 amide bonds. The molecule has 4 nitrogen and oxygen atoms in total. The molecule has 0 saturated heterocycles. The third-order valence-electron chi connectivity index (χ3n) is 4.08. The molecular formula is C24H25NO3. The number of ether oxygens (including phenoxy) is 2. The van der Waals surface area contributed by atoms with Gasteiger partial charge in [-0.25, -0.2) is 0 Å². The van der Waals surface area contributed by atoms with Crippen molar-refractivity contribution in [3.8, 4) is 11.8 Å². The maximum absolute atomic E-state index is 12.5. The van der Waals surface area contributed by atoms with Crippen LogP contribution in [0.25, 0.3) is 0 Å². The fourth-order valence-electron chi connectivity index (χ4n) is 2.67. The second-order valence-corrected chi connectivity index (χ2v) is 7.80. The predicted octanol–water partition coefficient (Wildman–Crippen LogP) is 5.17. The summed E-state index contributed by atoms with van der Waals surface area (Å²) in [7, 11) is 0. The Kier molecular flexibility index (Phi) is 6.06. The lowest BCUT2D eigenvalue weighted by molar-refractivity contribution is 0.0922. The molecular weight excluding hydrogens is 350 g/mol. The number of rotatable bonds is 4. The number of hydrogen-bond donors (Lipinski definition) is 1. The van der Waals surface area contributed by atoms with Crippen LogP contribution in [0.15, 0.2) is 72.2 Å². The molecule has 3 rings (SSSR count). The Hall–Kier alpha value is -3.19. The number of amides is 1. The van der Waals surface area contributed by atoms with Crippen LogP contribution in [-0.4, -0.2) is 5.91 Å². The van der Waals surface area contributed by atoms with Crippen LogP contribution in [0.2, 0.25) is 0 Å². The van der Waals surface area contributed by atoms with E-state index in [1.54, 1.807) is 18.4 Å². The first kappa shape index (κ1) is 19.6. The molecule has 144 valence electrons. The van der Waals surface area contributed by atoms with Gasteiger partial charge in [0.1, 0.15) is 12.0 Å². The van der Waals surface area contributed by atoms with Gasteiger partial charge in [-0.1, -0.05) is 35.6 Å². The summed E-state index contributed by atoms with van der Waals surface area (Å²) in [6.07, 6.45) is 12.0. The Balaban J connectivity index is 1.57. The summed E-state index contributed by atoms with van der Waals surface area (Å²) in [5.41, 5.74) is 2.62. The van der Waals surface area contributed by atoms with Crippen LogP contribution in [0.3, 0.4) is 0 Å². The van der Waals surface area contributed by atoms with Gasteiger partial charge in [0.05, 0.1) is 0 Å². The summed E-state index contributed by atoms with van der Waals surface area (Å²) >= 11 is 0. The largest absolute Gasteiger partial charge is 0.464 e. The monoisotopic (exact) mass is 375 g/mol. The summed E-state index contributed by atoms with van der Waals surface area (Å²) in [5, 5.41) is 2.74. The van der Waals surface area contributed by atoms with E-state index in [2.05, 4.69) is 56.2 Å². The maximum Gasteiger partial charge on any atom is 0.258 e. The summed E-state index contributed by atoms with van der Waals surface area (Å²) in [5.74, 6) is 7.00. The van der Waals surface area contributed by atoms with Crippen molar-refractivity contribution in [2.75, 3.05) is 0 Å². The minimum absolute atomic E-state index is 0.0595. The highest BCUT2D eigenvalue weighted by Gasteiger charge is 2.15. The third kappa shape index (κ3) is 5.92. The number of carbonyl (C=O) groups excluding carboxylic acids is 1. The van der Waals surface area contributed by atoms with Crippen molar-refractivity contribution in [1.82, 2.24) is 5.32 Å². The van der Waals surface area contributed by atoms with E-state index in [1.807, 2.05) is 12.1 Å². The van der Waals surface area contributed by atoms with Gasteiger partial charge in [0.25, 0.3) is 5.91 Å². The van der Waals surface area contributed by atoms with Crippen LogP contribution in [0.4, 0.5) is 0 Å². The lowest BCUT2D eigenvalue weighted by Crippen LogP contribution is -2.25. The SMILES string of the molecule is CC(C)(C)C#Cc1ccc(C(=O)NC2=COC=C(CC3=CC=CCC3)O2)cc1. The molecule has 0 unspecified atom stereocenters. The molecule has 1 aliphatic carbocycles. The molecule has 4 heteroatoms. The Morgan fingerprint density at radius 1 is 1.18 bits per heavy atom. The maximum atomic E-state index is 12.5. The first-order chi connectivity index (χ1) is 13.4. The highest BCUT2D eigenvalue weighted by Crippen LogP contribution is 2.24. The zero-order chi connectivity index (χ0) is 20.0. The van der Waals surface area contributed by atoms with E-state index in [-0.39, 0.29) is 17.2 Å². The molecule has 0 aromatic heterocycles. The standard InChI is InChI=1S/C24H25NO3/c1-24(2,3)14-13-18-9-11-20(12-10-18)23(26)25-22-17-27-16-21(28-22)15-19-7-5-4-6-8-19/h4-5,7,9-12,16-17H,6,8,15H2,1-3H3,(H,25,26). The fourth-order valence-corrected chi connectivity index (χ4v) is 2.67. The van der Waals surface area contributed by atoms with Gasteiger partial charge >= 0.3 is 0 Å². The minimum atomic E-state index is -0.258. The van der Waals surface area contributed by atoms with Crippen LogP contribution in [0.5, 0.6) is 0 Å². The van der Waals surface area contributed by atoms with Gasteiger partial charge in [0.2, 0.25) is 5.88 Å². The lowest BCUT2D eigenvalue weighted by atomic mass is 9.97. The zero-order valence-electron chi connectivity index (χ0n) is 16.5. The topological polar surface area (TPSA) is 47.6 Å². The van der Waals surface area contributed by atoms with Gasteiger partial charge in [0, 0.05) is 23.0 Å². The first-order valence-electron chi connectivity index (χ1n) is 9.41. The van der Waals surface area contributed by atoms with Crippen LogP contribution in [-0.2, 0) is 9.47 Å². The van der Waals surface area contributed by atoms with Crippen molar-refractivity contribution in [2.45, 2.75) is 40.0 Å². The first-order valence-corrected chi connectivity index (χ1v) is 9.41. The molecule has 0 saturated carbocycles. The quantitative estimate of drug-likeness (QED) is 0.739. The normalized spacial score (nSPS) is 15.8. The van der Waals surface area contributed by atoms with Crippen molar-refractivity contribution in [3.05, 3.63) is 83.4 Å². The van der Waals surface area contributed by atoms with Crippen LogP contribution in [0.1, 0.15) is 56.0 Å². The summed E-state index contributed by atoms with van der Waals surface area (Å²) in [6.45, 7) is 6.18. The van der Waals surface area contributed by atoms with E-state index < -0.39 is 0 Å². The van der Waals surface area contributed by atoms with Gasteiger partial charge < -0.3 is 9.47 Å². The van der Waals surface area contributed by atoms with E-state index in [4.69, 9.17) is 9.47 Å². The van der Waals surface area contributed by atoms with Gasteiger partial charge in [-0.15, -0.1) is 0 Å². The molecule has 1 aromatic carbocycles. The van der Waals surface area contributed by atoms with Crippen LogP contribution < -0.4 is 5.32 Å². The summed E-state index contributed by atoms with van der Waals surface area (Å²) in [6, 6.07) is 7.19. The van der Waals surface area contributed by atoms with Gasteiger partial charge in [-0.3, -0.25) is 10.1 Å². The van der Waals surface area contributed by atoms with E-state index >= 15 is 0 Å². The van der Waals surface area contributed by atoms with Crippen molar-refractivity contribution in [2.24, 2.45) is 5.41 Å². The van der Waals surface area contributed by atoms with E-state index in [0.717, 1.165) is 18.4 Å². The Morgan fingerprint density at radius 2 is 1.96 bits per heavy atom. The van der Waals surface area contributed by atoms with E-state index in [0.29, 0.717) is 17.7 Å². The Labute approximate surface area is 166 Å². The van der Waals surface area contributed by atoms with Gasteiger partial charge in [-0.05, 0) is 57.9 Å². The molecule has 1 N–H and O–H groups in total. The molecule has 0 radical (unpaired) electrons. The molecule has 1 heterocycles. The van der Waals surface area contributed by atoms with Gasteiger partial charge in [-0.2, -0.15) is 0 Å². The number of hydrogen-bond acceptors (Lipinski definition) is 3. The fraction of sp³-hybridized carbons (Fsp3) is 0.292. The van der Waals surface area contributed by atoms with E-state index in [1.165, 1.54) is 11.8 Å². The van der Waals surface area contributed by atoms with Gasteiger partial charge in [0.15, 0.2) is 6.26 Å². The third-order valence-corrected chi connectivity index (χ3v) is 4.08. The van der Waals surface area contributed by atoms with Crippen LogP contribution in [0, 0.1) is 17.3 Å². The molecule has 2 aliphatic rings. The summed E-state index contributed by atoms with van der Waals surface area (Å²) < 4.78 is 11.1. The highest BCUT2D eigenvalue weighted by molar-refractivity contribution is 5.95. The zero-order valence-corrected chi connectivity index (χ0v) is 16.5. The molecule has 0 bridgehead atoms. The van der Waals surface area contributed by atoms with Crippen LogP contribution >= 0.6 is 0 Å². The van der Waals surface area contributed by atoms with Crippen molar-refractivity contribution in [1.29, 1.82) is 0 Å². The average Bonchev–Trinajstić information content (AvgIpc) is 2.67.